The van der Waals surface area contributed by atoms with Gasteiger partial charge in [0.2, 0.25) is 0 Å². The highest BCUT2D eigenvalue weighted by atomic mass is 35.5. The van der Waals surface area contributed by atoms with Gasteiger partial charge in [0.1, 0.15) is 0 Å². The summed E-state index contributed by atoms with van der Waals surface area (Å²) in [5.41, 5.74) is 6.64. The summed E-state index contributed by atoms with van der Waals surface area (Å²) in [6.07, 6.45) is 0. The van der Waals surface area contributed by atoms with E-state index in [4.69, 9.17) is 17.3 Å². The van der Waals surface area contributed by atoms with E-state index < -0.39 is 0 Å². The van der Waals surface area contributed by atoms with Gasteiger partial charge in [0.25, 0.3) is 0 Å². The lowest BCUT2D eigenvalue weighted by Crippen LogP contribution is -2.44. The summed E-state index contributed by atoms with van der Waals surface area (Å²) in [6.45, 7) is 2.13. The first-order chi connectivity index (χ1) is 6.25. The molecule has 0 aromatic heterocycles. The Kier molecular flexibility index (Phi) is 2.67. The van der Waals surface area contributed by atoms with Gasteiger partial charge in [-0.3, -0.25) is 0 Å². The van der Waals surface area contributed by atoms with Gasteiger partial charge in [0, 0.05) is 33.9 Å². The van der Waals surface area contributed by atoms with Crippen LogP contribution in [-0.2, 0) is 0 Å². The molecule has 1 heterocycles. The summed E-state index contributed by atoms with van der Waals surface area (Å²) in [6, 6.07) is 5.61. The molecule has 2 nitrogen and oxygen atoms in total. The summed E-state index contributed by atoms with van der Waals surface area (Å²) in [7, 11) is 0. The lowest BCUT2D eigenvalue weighted by Gasteiger charge is -2.26. The molecule has 1 aromatic rings. The molecule has 0 spiro atoms. The van der Waals surface area contributed by atoms with Gasteiger partial charge >= 0.3 is 0 Å². The first-order valence-corrected chi connectivity index (χ1v) is 5.44. The van der Waals surface area contributed by atoms with Crippen LogP contribution in [0.25, 0.3) is 0 Å². The van der Waals surface area contributed by atoms with Crippen molar-refractivity contribution in [2.45, 2.75) is 10.1 Å². The van der Waals surface area contributed by atoms with E-state index in [1.807, 2.05) is 18.2 Å². The van der Waals surface area contributed by atoms with E-state index in [1.165, 1.54) is 0 Å². The predicted molar refractivity (Wildman–Crippen MR) is 58.4 cm³/mol. The van der Waals surface area contributed by atoms with Gasteiger partial charge in [-0.25, -0.2) is 0 Å². The smallest absolute Gasteiger partial charge is 0.0453 e. The summed E-state index contributed by atoms with van der Waals surface area (Å²) in [5, 5.41) is 4.63. The third-order valence-corrected chi connectivity index (χ3v) is 3.52. The lowest BCUT2D eigenvalue weighted by atomic mass is 10.3. The van der Waals surface area contributed by atoms with E-state index >= 15 is 0 Å². The highest BCUT2D eigenvalue weighted by Gasteiger charge is 2.18. The van der Waals surface area contributed by atoms with Crippen LogP contribution in [0.5, 0.6) is 0 Å². The molecule has 0 bridgehead atoms. The van der Waals surface area contributed by atoms with Crippen molar-refractivity contribution in [3.8, 4) is 0 Å². The predicted octanol–water partition coefficient (Wildman–Crippen LogP) is 1.99. The van der Waals surface area contributed by atoms with Crippen LogP contribution in [0.3, 0.4) is 0 Å². The molecule has 0 amide bonds. The molecule has 1 aliphatic rings. The second-order valence-electron chi connectivity index (χ2n) is 3.08. The first kappa shape index (κ1) is 9.19. The Bertz CT molecular complexity index is 312. The van der Waals surface area contributed by atoms with Crippen molar-refractivity contribution >= 4 is 29.1 Å². The molecule has 1 aliphatic heterocycles. The van der Waals surface area contributed by atoms with Crippen molar-refractivity contribution in [1.82, 2.24) is 5.32 Å². The van der Waals surface area contributed by atoms with Crippen molar-refractivity contribution < 1.29 is 0 Å². The molecule has 0 radical (unpaired) electrons. The van der Waals surface area contributed by atoms with Crippen LogP contribution in [0, 0.1) is 0 Å². The van der Waals surface area contributed by atoms with Gasteiger partial charge in [-0.05, 0) is 18.2 Å². The number of nitrogens with two attached hydrogens (primary N) is 1. The van der Waals surface area contributed by atoms with Gasteiger partial charge in [0.15, 0.2) is 0 Å². The fourth-order valence-electron chi connectivity index (χ4n) is 1.14. The van der Waals surface area contributed by atoms with Crippen LogP contribution in [0.1, 0.15) is 0 Å². The van der Waals surface area contributed by atoms with Crippen molar-refractivity contribution in [2.24, 2.45) is 0 Å². The van der Waals surface area contributed by atoms with Crippen molar-refractivity contribution in [3.05, 3.63) is 23.2 Å². The maximum atomic E-state index is 5.88. The van der Waals surface area contributed by atoms with Crippen molar-refractivity contribution in [1.29, 1.82) is 0 Å². The van der Waals surface area contributed by atoms with E-state index in [0.29, 0.717) is 5.25 Å². The number of hydrogen-bond acceptors (Lipinski definition) is 3. The maximum Gasteiger partial charge on any atom is 0.0453 e. The first-order valence-electron chi connectivity index (χ1n) is 4.18. The zero-order valence-electron chi connectivity index (χ0n) is 7.09. The van der Waals surface area contributed by atoms with E-state index in [0.717, 1.165) is 28.7 Å². The fourth-order valence-corrected chi connectivity index (χ4v) is 2.53. The van der Waals surface area contributed by atoms with Crippen LogP contribution in [-0.4, -0.2) is 18.3 Å². The molecule has 0 atom stereocenters. The second kappa shape index (κ2) is 3.78. The highest BCUT2D eigenvalue weighted by molar-refractivity contribution is 8.00. The average molecular weight is 215 g/mol. The molecular formula is C9H11ClN2S. The minimum atomic E-state index is 0.653. The molecule has 1 saturated heterocycles. The minimum Gasteiger partial charge on any atom is -0.398 e. The Balaban J connectivity index is 2.13. The van der Waals surface area contributed by atoms with Crippen molar-refractivity contribution in [3.63, 3.8) is 0 Å². The number of benzene rings is 1. The average Bonchev–Trinajstić information content (AvgIpc) is 2.03. The molecule has 0 saturated carbocycles. The third-order valence-electron chi connectivity index (χ3n) is 2.01. The highest BCUT2D eigenvalue weighted by Crippen LogP contribution is 2.32. The van der Waals surface area contributed by atoms with E-state index in [2.05, 4.69) is 5.32 Å². The van der Waals surface area contributed by atoms with Crippen LogP contribution in [0.4, 0.5) is 5.69 Å². The van der Waals surface area contributed by atoms with E-state index in [-0.39, 0.29) is 0 Å². The SMILES string of the molecule is Nc1ccc(Cl)cc1SC1CNC1. The third kappa shape index (κ3) is 2.10. The van der Waals surface area contributed by atoms with Crippen molar-refractivity contribution in [2.75, 3.05) is 18.8 Å². The number of thioether (sulfide) groups is 1. The van der Waals surface area contributed by atoms with Gasteiger partial charge in [0.05, 0.1) is 0 Å². The largest absolute Gasteiger partial charge is 0.398 e. The fraction of sp³-hybridized carbons (Fsp3) is 0.333. The van der Waals surface area contributed by atoms with Gasteiger partial charge in [-0.15, -0.1) is 11.8 Å². The van der Waals surface area contributed by atoms with E-state index in [9.17, 15) is 0 Å². The molecular weight excluding hydrogens is 204 g/mol. The van der Waals surface area contributed by atoms with Gasteiger partial charge < -0.3 is 11.1 Å². The monoisotopic (exact) mass is 214 g/mol. The Morgan fingerprint density at radius 2 is 2.23 bits per heavy atom. The molecule has 1 fully saturated rings. The number of anilines is 1. The molecule has 3 N–H and O–H groups in total. The Labute approximate surface area is 86.8 Å². The summed E-state index contributed by atoms with van der Waals surface area (Å²) in [4.78, 5) is 1.10. The maximum absolute atomic E-state index is 5.88. The normalized spacial score (nSPS) is 17.0. The van der Waals surface area contributed by atoms with E-state index in [1.54, 1.807) is 11.8 Å². The molecule has 4 heteroatoms. The Morgan fingerprint density at radius 3 is 2.85 bits per heavy atom. The second-order valence-corrected chi connectivity index (χ2v) is 4.86. The molecule has 13 heavy (non-hydrogen) atoms. The van der Waals surface area contributed by atoms with Crippen LogP contribution >= 0.6 is 23.4 Å². The number of halogens is 1. The quantitative estimate of drug-likeness (QED) is 0.740. The topological polar surface area (TPSA) is 38.0 Å². The molecule has 2 rings (SSSR count). The standard InChI is InChI=1S/C9H11ClN2S/c10-6-1-2-8(11)9(3-6)13-7-4-12-5-7/h1-3,7,12H,4-5,11H2. The number of nitrogens with one attached hydrogen (secondary N) is 1. The Morgan fingerprint density at radius 1 is 1.46 bits per heavy atom. The van der Waals surface area contributed by atoms with Crippen LogP contribution < -0.4 is 11.1 Å². The summed E-state index contributed by atoms with van der Waals surface area (Å²) < 4.78 is 0. The molecule has 70 valence electrons. The zero-order valence-corrected chi connectivity index (χ0v) is 8.66. The summed E-state index contributed by atoms with van der Waals surface area (Å²) >= 11 is 7.68. The Hall–Kier alpha value is -0.380. The minimum absolute atomic E-state index is 0.653. The number of hydrogen-bond donors (Lipinski definition) is 2. The lowest BCUT2D eigenvalue weighted by molar-refractivity contribution is 0.544. The van der Waals surface area contributed by atoms with Crippen LogP contribution in [0.15, 0.2) is 23.1 Å². The van der Waals surface area contributed by atoms with Crippen LogP contribution in [0.2, 0.25) is 5.02 Å². The number of nitrogen functional groups attached to an aromatic ring is 1. The molecule has 0 aliphatic carbocycles. The molecule has 0 unspecified atom stereocenters. The van der Waals surface area contributed by atoms with Gasteiger partial charge in [-0.1, -0.05) is 11.6 Å². The number of rotatable bonds is 2. The summed E-state index contributed by atoms with van der Waals surface area (Å²) in [5.74, 6) is 0. The van der Waals surface area contributed by atoms with Gasteiger partial charge in [-0.2, -0.15) is 0 Å². The zero-order chi connectivity index (χ0) is 9.26. The molecule has 1 aromatic carbocycles.